The quantitative estimate of drug-likeness (QED) is 0.598. The summed E-state index contributed by atoms with van der Waals surface area (Å²) in [5, 5.41) is 4.41. The highest BCUT2D eigenvalue weighted by Crippen LogP contribution is 2.14. The van der Waals surface area contributed by atoms with Crippen molar-refractivity contribution in [2.45, 2.75) is 26.3 Å². The van der Waals surface area contributed by atoms with E-state index in [2.05, 4.69) is 56.4 Å². The van der Waals surface area contributed by atoms with Gasteiger partial charge in [-0.05, 0) is 66.1 Å². The van der Waals surface area contributed by atoms with Crippen LogP contribution in [-0.2, 0) is 13.0 Å². The van der Waals surface area contributed by atoms with Gasteiger partial charge in [0.15, 0.2) is 4.77 Å². The third kappa shape index (κ3) is 4.10. The Bertz CT molecular complexity index is 786. The standard InChI is InChI=1S/C18H23N3S2/c1-2-9-20(10-7-15-8-13-23-14-15)11-12-21-17-6-4-3-5-16(17)19-18(21)22/h3-6,8,13-14H,2,7,9-12H2,1H3,(H,19,22). The molecule has 0 bridgehead atoms. The molecule has 1 aromatic carbocycles. The summed E-state index contributed by atoms with van der Waals surface area (Å²) in [6.07, 6.45) is 2.31. The molecule has 2 aromatic heterocycles. The smallest absolute Gasteiger partial charge is 0.178 e. The van der Waals surface area contributed by atoms with Crippen molar-refractivity contribution in [3.05, 3.63) is 51.4 Å². The Morgan fingerprint density at radius 3 is 2.83 bits per heavy atom. The fourth-order valence-corrected chi connectivity index (χ4v) is 3.95. The SMILES string of the molecule is CCCN(CCc1ccsc1)CCn1c(=S)[nH]c2ccccc21. The number of aromatic amines is 1. The average molecular weight is 346 g/mol. The van der Waals surface area contributed by atoms with Crippen molar-refractivity contribution in [2.24, 2.45) is 0 Å². The predicted molar refractivity (Wildman–Crippen MR) is 102 cm³/mol. The summed E-state index contributed by atoms with van der Waals surface area (Å²) in [6, 6.07) is 10.6. The Morgan fingerprint density at radius 2 is 2.04 bits per heavy atom. The van der Waals surface area contributed by atoms with Crippen LogP contribution in [-0.4, -0.2) is 34.1 Å². The van der Waals surface area contributed by atoms with Crippen molar-refractivity contribution in [2.75, 3.05) is 19.6 Å². The first kappa shape index (κ1) is 16.4. The first-order chi connectivity index (χ1) is 11.3. The largest absolute Gasteiger partial charge is 0.331 e. The molecule has 0 fully saturated rings. The summed E-state index contributed by atoms with van der Waals surface area (Å²) >= 11 is 7.27. The zero-order valence-corrected chi connectivity index (χ0v) is 15.1. The molecule has 122 valence electrons. The number of nitrogens with zero attached hydrogens (tertiary/aromatic N) is 2. The molecule has 3 aromatic rings. The highest BCUT2D eigenvalue weighted by atomic mass is 32.1. The molecule has 0 unspecified atom stereocenters. The van der Waals surface area contributed by atoms with Gasteiger partial charge in [0.1, 0.15) is 0 Å². The minimum atomic E-state index is 0.820. The lowest BCUT2D eigenvalue weighted by atomic mass is 10.2. The van der Waals surface area contributed by atoms with Crippen LogP contribution in [0.2, 0.25) is 0 Å². The normalized spacial score (nSPS) is 11.6. The minimum absolute atomic E-state index is 0.820. The molecule has 0 aliphatic heterocycles. The number of fused-ring (bicyclic) bond motifs is 1. The van der Waals surface area contributed by atoms with E-state index in [0.717, 1.165) is 42.9 Å². The number of H-pyrrole nitrogens is 1. The van der Waals surface area contributed by atoms with Gasteiger partial charge in [0.05, 0.1) is 11.0 Å². The van der Waals surface area contributed by atoms with Gasteiger partial charge in [-0.25, -0.2) is 0 Å². The van der Waals surface area contributed by atoms with Crippen molar-refractivity contribution < 1.29 is 0 Å². The lowest BCUT2D eigenvalue weighted by molar-refractivity contribution is 0.267. The second-order valence-corrected chi connectivity index (χ2v) is 6.99. The van der Waals surface area contributed by atoms with Gasteiger partial charge < -0.3 is 14.5 Å². The third-order valence-corrected chi connectivity index (χ3v) is 5.21. The van der Waals surface area contributed by atoms with E-state index in [1.54, 1.807) is 11.3 Å². The number of para-hydroxylation sites is 2. The maximum Gasteiger partial charge on any atom is 0.178 e. The molecule has 0 aliphatic rings. The average Bonchev–Trinajstić information content (AvgIpc) is 3.17. The van der Waals surface area contributed by atoms with Gasteiger partial charge in [0.25, 0.3) is 0 Å². The van der Waals surface area contributed by atoms with Gasteiger partial charge in [-0.1, -0.05) is 19.1 Å². The molecule has 0 atom stereocenters. The van der Waals surface area contributed by atoms with Crippen LogP contribution in [0, 0.1) is 4.77 Å². The van der Waals surface area contributed by atoms with Crippen LogP contribution in [0.5, 0.6) is 0 Å². The van der Waals surface area contributed by atoms with Crippen molar-refractivity contribution >= 4 is 34.6 Å². The zero-order valence-electron chi connectivity index (χ0n) is 13.5. The Balaban J connectivity index is 1.65. The molecule has 0 amide bonds. The summed E-state index contributed by atoms with van der Waals surface area (Å²) in [7, 11) is 0. The molecule has 2 heterocycles. The van der Waals surface area contributed by atoms with Crippen molar-refractivity contribution in [1.82, 2.24) is 14.5 Å². The second kappa shape index (κ2) is 7.90. The summed E-state index contributed by atoms with van der Waals surface area (Å²) < 4.78 is 3.04. The van der Waals surface area contributed by atoms with E-state index in [-0.39, 0.29) is 0 Å². The Hall–Kier alpha value is -1.43. The van der Waals surface area contributed by atoms with E-state index in [4.69, 9.17) is 12.2 Å². The van der Waals surface area contributed by atoms with Crippen LogP contribution < -0.4 is 0 Å². The minimum Gasteiger partial charge on any atom is -0.331 e. The van der Waals surface area contributed by atoms with Crippen molar-refractivity contribution in [3.8, 4) is 0 Å². The van der Waals surface area contributed by atoms with Gasteiger partial charge in [-0.3, -0.25) is 0 Å². The van der Waals surface area contributed by atoms with Crippen LogP contribution >= 0.6 is 23.6 Å². The fraction of sp³-hybridized carbons (Fsp3) is 0.389. The van der Waals surface area contributed by atoms with E-state index in [9.17, 15) is 0 Å². The molecule has 0 spiro atoms. The van der Waals surface area contributed by atoms with Gasteiger partial charge in [-0.2, -0.15) is 11.3 Å². The second-order valence-electron chi connectivity index (χ2n) is 5.82. The number of benzene rings is 1. The summed E-state index contributed by atoms with van der Waals surface area (Å²) in [4.78, 5) is 5.84. The molecule has 0 saturated carbocycles. The molecule has 23 heavy (non-hydrogen) atoms. The van der Waals surface area contributed by atoms with Gasteiger partial charge in [0, 0.05) is 19.6 Å². The molecule has 3 nitrogen and oxygen atoms in total. The van der Waals surface area contributed by atoms with E-state index >= 15 is 0 Å². The number of hydrogen-bond donors (Lipinski definition) is 1. The first-order valence-corrected chi connectivity index (χ1v) is 9.54. The van der Waals surface area contributed by atoms with Gasteiger partial charge in [-0.15, -0.1) is 0 Å². The Labute approximate surface area is 146 Å². The number of rotatable bonds is 8. The van der Waals surface area contributed by atoms with Crippen molar-refractivity contribution in [1.29, 1.82) is 0 Å². The molecule has 3 rings (SSSR count). The summed E-state index contributed by atoms with van der Waals surface area (Å²) in [6.45, 7) is 6.47. The molecule has 1 N–H and O–H groups in total. The molecule has 0 radical (unpaired) electrons. The van der Waals surface area contributed by atoms with Crippen LogP contribution in [0.1, 0.15) is 18.9 Å². The number of thiophene rings is 1. The van der Waals surface area contributed by atoms with Gasteiger partial charge >= 0.3 is 0 Å². The zero-order chi connectivity index (χ0) is 16.1. The maximum atomic E-state index is 5.49. The highest BCUT2D eigenvalue weighted by Gasteiger charge is 2.08. The van der Waals surface area contributed by atoms with Crippen LogP contribution in [0.4, 0.5) is 0 Å². The van der Waals surface area contributed by atoms with Crippen LogP contribution in [0.25, 0.3) is 11.0 Å². The van der Waals surface area contributed by atoms with E-state index in [1.165, 1.54) is 17.5 Å². The number of aromatic nitrogens is 2. The Morgan fingerprint density at radius 1 is 1.17 bits per heavy atom. The third-order valence-electron chi connectivity index (χ3n) is 4.16. The van der Waals surface area contributed by atoms with Gasteiger partial charge in [0.2, 0.25) is 0 Å². The first-order valence-electron chi connectivity index (χ1n) is 8.19. The number of imidazole rings is 1. The molecule has 0 saturated heterocycles. The van der Waals surface area contributed by atoms with E-state index in [1.807, 2.05) is 6.07 Å². The lowest BCUT2D eigenvalue weighted by Crippen LogP contribution is -2.30. The highest BCUT2D eigenvalue weighted by molar-refractivity contribution is 7.71. The van der Waals surface area contributed by atoms with E-state index in [0.29, 0.717) is 0 Å². The number of hydrogen-bond acceptors (Lipinski definition) is 3. The molecule has 0 aliphatic carbocycles. The number of nitrogens with one attached hydrogen (secondary N) is 1. The molecule has 5 heteroatoms. The predicted octanol–water partition coefficient (Wildman–Crippen LogP) is 4.72. The topological polar surface area (TPSA) is 24.0 Å². The van der Waals surface area contributed by atoms with Crippen LogP contribution in [0.3, 0.4) is 0 Å². The van der Waals surface area contributed by atoms with E-state index < -0.39 is 0 Å². The van der Waals surface area contributed by atoms with Crippen molar-refractivity contribution in [3.63, 3.8) is 0 Å². The Kier molecular flexibility index (Phi) is 5.65. The maximum absolute atomic E-state index is 5.49. The monoisotopic (exact) mass is 345 g/mol. The molecular formula is C18H23N3S2. The summed E-state index contributed by atoms with van der Waals surface area (Å²) in [5.41, 5.74) is 3.77. The van der Waals surface area contributed by atoms with Crippen LogP contribution in [0.15, 0.2) is 41.1 Å². The lowest BCUT2D eigenvalue weighted by Gasteiger charge is -2.21. The summed E-state index contributed by atoms with van der Waals surface area (Å²) in [5.74, 6) is 0. The molecular weight excluding hydrogens is 322 g/mol. The fourth-order valence-electron chi connectivity index (χ4n) is 2.94.